The van der Waals surface area contributed by atoms with Crippen molar-refractivity contribution in [3.63, 3.8) is 0 Å². The Morgan fingerprint density at radius 3 is 2.44 bits per heavy atom. The third-order valence-electron chi connectivity index (χ3n) is 3.84. The van der Waals surface area contributed by atoms with Crippen LogP contribution in [0, 0.1) is 0 Å². The van der Waals surface area contributed by atoms with Gasteiger partial charge < -0.3 is 24.4 Å². The first kappa shape index (κ1) is 16.6. The van der Waals surface area contributed by atoms with Gasteiger partial charge in [0, 0.05) is 19.1 Å². The van der Waals surface area contributed by atoms with Gasteiger partial charge in [-0.15, -0.1) is 0 Å². The topological polar surface area (TPSA) is 102 Å². The fraction of sp³-hybridized carbons (Fsp3) is 0.222. The average Bonchev–Trinajstić information content (AvgIpc) is 2.57. The number of benzene rings is 2. The van der Waals surface area contributed by atoms with Gasteiger partial charge in [-0.1, -0.05) is 12.1 Å². The van der Waals surface area contributed by atoms with Crippen LogP contribution in [0.2, 0.25) is 0 Å². The molecule has 1 aliphatic rings. The number of Topliss-reactive ketones (excluding diaryl/α,β-unsaturated/α-hetero) is 1. The molecule has 1 aliphatic heterocycles. The van der Waals surface area contributed by atoms with Gasteiger partial charge in [0.1, 0.15) is 28.6 Å². The zero-order chi connectivity index (χ0) is 18.1. The molecule has 0 fully saturated rings. The molecule has 0 amide bonds. The summed E-state index contributed by atoms with van der Waals surface area (Å²) >= 11 is 0. The van der Waals surface area contributed by atoms with Crippen molar-refractivity contribution >= 4 is 11.8 Å². The van der Waals surface area contributed by atoms with Crippen molar-refractivity contribution in [2.24, 2.45) is 0 Å². The Morgan fingerprint density at radius 1 is 1.16 bits per heavy atom. The largest absolute Gasteiger partial charge is 0.508 e. The highest BCUT2D eigenvalue weighted by Gasteiger charge is 2.42. The molecule has 25 heavy (non-hydrogen) atoms. The first-order valence-electron chi connectivity index (χ1n) is 7.48. The highest BCUT2D eigenvalue weighted by atomic mass is 16.6. The van der Waals surface area contributed by atoms with E-state index in [-0.39, 0.29) is 22.8 Å². The number of esters is 1. The molecule has 0 radical (unpaired) electrons. The van der Waals surface area contributed by atoms with Crippen molar-refractivity contribution in [3.05, 3.63) is 47.5 Å². The van der Waals surface area contributed by atoms with Crippen LogP contribution >= 0.6 is 0 Å². The second kappa shape index (κ2) is 6.35. The maximum atomic E-state index is 12.8. The molecule has 0 aliphatic carbocycles. The summed E-state index contributed by atoms with van der Waals surface area (Å²) in [4.78, 5) is 24.2. The van der Waals surface area contributed by atoms with Gasteiger partial charge in [0.05, 0.1) is 7.11 Å². The lowest BCUT2D eigenvalue weighted by Gasteiger charge is -2.32. The van der Waals surface area contributed by atoms with Crippen LogP contribution < -0.4 is 9.47 Å². The van der Waals surface area contributed by atoms with Crippen LogP contribution in [0.5, 0.6) is 23.0 Å². The molecule has 2 unspecified atom stereocenters. The summed E-state index contributed by atoms with van der Waals surface area (Å²) in [5, 5.41) is 19.6. The van der Waals surface area contributed by atoms with Crippen molar-refractivity contribution in [3.8, 4) is 23.0 Å². The Hall–Kier alpha value is -3.22. The van der Waals surface area contributed by atoms with Crippen LogP contribution in [0.25, 0.3) is 0 Å². The fourth-order valence-electron chi connectivity index (χ4n) is 2.71. The van der Waals surface area contributed by atoms with E-state index >= 15 is 0 Å². The number of rotatable bonds is 3. The summed E-state index contributed by atoms with van der Waals surface area (Å²) in [5.41, 5.74) is 0.465. The van der Waals surface area contributed by atoms with Crippen LogP contribution in [0.3, 0.4) is 0 Å². The van der Waals surface area contributed by atoms with E-state index < -0.39 is 24.0 Å². The summed E-state index contributed by atoms with van der Waals surface area (Å²) in [5.74, 6) is -1.05. The number of ether oxygens (including phenoxy) is 3. The summed E-state index contributed by atoms with van der Waals surface area (Å²) < 4.78 is 16.1. The number of fused-ring (bicyclic) bond motifs is 1. The van der Waals surface area contributed by atoms with Gasteiger partial charge in [-0.05, 0) is 17.7 Å². The zero-order valence-electron chi connectivity index (χ0n) is 13.6. The molecular weight excluding hydrogens is 328 g/mol. The van der Waals surface area contributed by atoms with E-state index in [1.54, 1.807) is 12.1 Å². The SMILES string of the molecule is COc1cc(O)c2c(c1)OC(c1ccc(O)cc1)C(OC(C)=O)C2=O. The molecule has 7 nitrogen and oxygen atoms in total. The molecule has 2 N–H and O–H groups in total. The first-order chi connectivity index (χ1) is 11.9. The number of ketones is 1. The number of phenols is 2. The molecule has 1 heterocycles. The van der Waals surface area contributed by atoms with Crippen molar-refractivity contribution in [2.75, 3.05) is 7.11 Å². The number of hydrogen-bond acceptors (Lipinski definition) is 7. The maximum Gasteiger partial charge on any atom is 0.303 e. The average molecular weight is 344 g/mol. The summed E-state index contributed by atoms with van der Waals surface area (Å²) in [6.45, 7) is 1.19. The third-order valence-corrected chi connectivity index (χ3v) is 3.84. The molecule has 0 saturated heterocycles. The highest BCUT2D eigenvalue weighted by molar-refractivity contribution is 6.06. The molecule has 2 aromatic carbocycles. The third kappa shape index (κ3) is 3.08. The molecule has 0 saturated carbocycles. The van der Waals surface area contributed by atoms with E-state index in [4.69, 9.17) is 14.2 Å². The molecule has 7 heteroatoms. The van der Waals surface area contributed by atoms with E-state index in [2.05, 4.69) is 0 Å². The minimum absolute atomic E-state index is 0.0506. The second-order valence-corrected chi connectivity index (χ2v) is 5.54. The van der Waals surface area contributed by atoms with E-state index in [1.165, 1.54) is 38.3 Å². The normalized spacial score (nSPS) is 18.9. The van der Waals surface area contributed by atoms with Crippen LogP contribution in [-0.2, 0) is 9.53 Å². The molecule has 0 aromatic heterocycles. The number of aromatic hydroxyl groups is 2. The molecule has 2 atom stereocenters. The van der Waals surface area contributed by atoms with Crippen molar-refractivity contribution in [1.82, 2.24) is 0 Å². The summed E-state index contributed by atoms with van der Waals surface area (Å²) in [6, 6.07) is 8.76. The van der Waals surface area contributed by atoms with Crippen molar-refractivity contribution < 1.29 is 34.0 Å². The lowest BCUT2D eigenvalue weighted by molar-refractivity contribution is -0.148. The Bertz CT molecular complexity index is 826. The van der Waals surface area contributed by atoms with Gasteiger partial charge in [-0.25, -0.2) is 0 Å². The summed E-state index contributed by atoms with van der Waals surface area (Å²) in [7, 11) is 1.42. The standard InChI is InChI=1S/C18H16O7/c1-9(19)24-18-16(22)15-13(21)7-12(23-2)8-14(15)25-17(18)10-3-5-11(20)6-4-10/h3-8,17-18,20-21H,1-2H3. The van der Waals surface area contributed by atoms with Crippen LogP contribution in [0.1, 0.15) is 28.9 Å². The van der Waals surface area contributed by atoms with Crippen molar-refractivity contribution in [1.29, 1.82) is 0 Å². The van der Waals surface area contributed by atoms with E-state index in [9.17, 15) is 19.8 Å². The van der Waals surface area contributed by atoms with Crippen LogP contribution in [0.4, 0.5) is 0 Å². The lowest BCUT2D eigenvalue weighted by Crippen LogP contribution is -2.39. The smallest absolute Gasteiger partial charge is 0.303 e. The molecular formula is C18H16O7. The van der Waals surface area contributed by atoms with Crippen LogP contribution in [-0.4, -0.2) is 35.2 Å². The quantitative estimate of drug-likeness (QED) is 0.824. The summed E-state index contributed by atoms with van der Waals surface area (Å²) in [6.07, 6.45) is -2.18. The first-order valence-corrected chi connectivity index (χ1v) is 7.48. The number of methoxy groups -OCH3 is 1. The Kier molecular flexibility index (Phi) is 4.22. The maximum absolute atomic E-state index is 12.8. The van der Waals surface area contributed by atoms with Gasteiger partial charge in [0.25, 0.3) is 0 Å². The number of phenolic OH excluding ortho intramolecular Hbond substituents is 2. The molecule has 0 spiro atoms. The van der Waals surface area contributed by atoms with Gasteiger partial charge in [-0.3, -0.25) is 9.59 Å². The van der Waals surface area contributed by atoms with Gasteiger partial charge >= 0.3 is 5.97 Å². The fourth-order valence-corrected chi connectivity index (χ4v) is 2.71. The second-order valence-electron chi connectivity index (χ2n) is 5.54. The Morgan fingerprint density at radius 2 is 1.84 bits per heavy atom. The number of hydrogen-bond donors (Lipinski definition) is 2. The van der Waals surface area contributed by atoms with Gasteiger partial charge in [0.15, 0.2) is 6.10 Å². The molecule has 0 bridgehead atoms. The molecule has 3 rings (SSSR count). The predicted octanol–water partition coefficient (Wildman–Crippen LogP) is 2.35. The Labute approximate surface area is 143 Å². The van der Waals surface area contributed by atoms with Crippen molar-refractivity contribution in [2.45, 2.75) is 19.1 Å². The molecule has 130 valence electrons. The Balaban J connectivity index is 2.10. The molecule has 2 aromatic rings. The van der Waals surface area contributed by atoms with Crippen LogP contribution in [0.15, 0.2) is 36.4 Å². The van der Waals surface area contributed by atoms with Gasteiger partial charge in [0.2, 0.25) is 11.9 Å². The predicted molar refractivity (Wildman–Crippen MR) is 86.0 cm³/mol. The highest BCUT2D eigenvalue weighted by Crippen LogP contribution is 2.43. The van der Waals surface area contributed by atoms with E-state index in [0.717, 1.165) is 0 Å². The van der Waals surface area contributed by atoms with E-state index in [1.807, 2.05) is 0 Å². The number of carbonyl (C=O) groups is 2. The van der Waals surface area contributed by atoms with Gasteiger partial charge in [-0.2, -0.15) is 0 Å². The van der Waals surface area contributed by atoms with E-state index in [0.29, 0.717) is 11.3 Å². The number of carbonyl (C=O) groups excluding carboxylic acids is 2. The minimum Gasteiger partial charge on any atom is -0.508 e. The monoisotopic (exact) mass is 344 g/mol. The lowest BCUT2D eigenvalue weighted by atomic mass is 9.92. The zero-order valence-corrected chi connectivity index (χ0v) is 13.6. The minimum atomic E-state index is -1.26.